The molecule has 3 atom stereocenters. The molecule has 0 unspecified atom stereocenters. The van der Waals surface area contributed by atoms with Crippen LogP contribution >= 0.6 is 0 Å². The van der Waals surface area contributed by atoms with Crippen molar-refractivity contribution in [3.05, 3.63) is 71.9 Å². The molecule has 4 N–H and O–H groups in total. The number of rotatable bonds is 9. The van der Waals surface area contributed by atoms with E-state index in [1.807, 2.05) is 49.5 Å². The van der Waals surface area contributed by atoms with Gasteiger partial charge in [-0.05, 0) is 43.4 Å². The van der Waals surface area contributed by atoms with E-state index in [0.717, 1.165) is 24.1 Å². The molecule has 33 heavy (non-hydrogen) atoms. The van der Waals surface area contributed by atoms with Crippen molar-refractivity contribution in [2.75, 3.05) is 32.0 Å². The third-order valence-electron chi connectivity index (χ3n) is 5.65. The number of anilines is 1. The van der Waals surface area contributed by atoms with E-state index in [2.05, 4.69) is 32.0 Å². The summed E-state index contributed by atoms with van der Waals surface area (Å²) in [5.74, 6) is 0.981. The molecule has 0 bridgehead atoms. The van der Waals surface area contributed by atoms with E-state index in [-0.39, 0.29) is 12.1 Å². The van der Waals surface area contributed by atoms with Crippen LogP contribution in [0.5, 0.6) is 5.75 Å². The minimum absolute atomic E-state index is 0.141. The Bertz CT molecular complexity index is 1100. The quantitative estimate of drug-likeness (QED) is 0.398. The second kappa shape index (κ2) is 10.9. The van der Waals surface area contributed by atoms with Crippen LogP contribution in [0.15, 0.2) is 60.8 Å². The number of aromatic nitrogens is 2. The van der Waals surface area contributed by atoms with Gasteiger partial charge in [0.1, 0.15) is 17.9 Å². The zero-order valence-corrected chi connectivity index (χ0v) is 18.5. The maximum absolute atomic E-state index is 10.0. The molecule has 0 radical (unpaired) electrons. The molecule has 0 saturated carbocycles. The second-order valence-corrected chi connectivity index (χ2v) is 7.97. The summed E-state index contributed by atoms with van der Waals surface area (Å²) in [6.45, 7) is 1.99. The van der Waals surface area contributed by atoms with Gasteiger partial charge in [0.05, 0.1) is 23.4 Å². The van der Waals surface area contributed by atoms with Gasteiger partial charge in [0.15, 0.2) is 0 Å². The average molecular weight is 445 g/mol. The molecule has 4 rings (SSSR count). The minimum Gasteiger partial charge on any atom is -0.484 e. The Kier molecular flexibility index (Phi) is 7.47. The molecular weight excluding hydrogens is 416 g/mol. The number of nitrogens with zero attached hydrogens (tertiary/aromatic N) is 3. The fraction of sp³-hybridized carbons (Fsp3) is 0.320. The summed E-state index contributed by atoms with van der Waals surface area (Å²) < 4.78 is 6.30. The number of aliphatic hydroxyl groups excluding tert-OH is 1. The Hall–Kier alpha value is -3.51. The summed E-state index contributed by atoms with van der Waals surface area (Å²) >= 11 is 0. The largest absolute Gasteiger partial charge is 0.484 e. The van der Waals surface area contributed by atoms with E-state index >= 15 is 0 Å². The molecule has 0 spiro atoms. The Labute approximate surface area is 193 Å². The lowest BCUT2D eigenvalue weighted by atomic mass is 10.0. The van der Waals surface area contributed by atoms with Crippen LogP contribution in [-0.2, 0) is 0 Å². The van der Waals surface area contributed by atoms with Crippen molar-refractivity contribution in [2.24, 2.45) is 0 Å². The standard InChI is InChI=1S/C25H28N6O2/c1-27-11-10-24(17-5-3-2-4-6-17)33-23-8-7-18(13-19(23)14-26)20-9-12-29-25(30-20)31-21-15-28-16-22(21)32/h2-9,12-13,21-22,24,27-28,32H,10-11,15-16H2,1H3,(H,29,30,31)/t21-,22-,24+/m0/s1. The molecular formula is C25H28N6O2. The highest BCUT2D eigenvalue weighted by molar-refractivity contribution is 5.65. The Morgan fingerprint density at radius 2 is 2.06 bits per heavy atom. The summed E-state index contributed by atoms with van der Waals surface area (Å²) in [6.07, 6.45) is 1.78. The van der Waals surface area contributed by atoms with Crippen LogP contribution in [0.4, 0.5) is 5.95 Å². The molecule has 8 nitrogen and oxygen atoms in total. The minimum atomic E-state index is -0.487. The summed E-state index contributed by atoms with van der Waals surface area (Å²) in [6, 6.07) is 19.4. The highest BCUT2D eigenvalue weighted by atomic mass is 16.5. The van der Waals surface area contributed by atoms with Gasteiger partial charge in [-0.2, -0.15) is 5.26 Å². The number of benzene rings is 2. The van der Waals surface area contributed by atoms with E-state index in [0.29, 0.717) is 36.0 Å². The van der Waals surface area contributed by atoms with E-state index in [9.17, 15) is 10.4 Å². The lowest BCUT2D eigenvalue weighted by Crippen LogP contribution is -2.32. The van der Waals surface area contributed by atoms with E-state index in [4.69, 9.17) is 4.74 Å². The number of β-amino-alcohol motifs (C(OH)–C–C–N with tert-alkyl or cyclic N) is 1. The molecule has 2 heterocycles. The Morgan fingerprint density at radius 3 is 2.79 bits per heavy atom. The Morgan fingerprint density at radius 1 is 1.21 bits per heavy atom. The van der Waals surface area contributed by atoms with Crippen molar-refractivity contribution in [1.82, 2.24) is 20.6 Å². The molecule has 0 aliphatic carbocycles. The number of ether oxygens (including phenoxy) is 1. The van der Waals surface area contributed by atoms with Crippen molar-refractivity contribution in [3.8, 4) is 23.1 Å². The first kappa shape index (κ1) is 22.7. The van der Waals surface area contributed by atoms with Crippen LogP contribution in [0.25, 0.3) is 11.3 Å². The van der Waals surface area contributed by atoms with Gasteiger partial charge in [-0.3, -0.25) is 0 Å². The summed E-state index contributed by atoms with van der Waals surface area (Å²) in [5.41, 5.74) is 2.99. The molecule has 1 fully saturated rings. The van der Waals surface area contributed by atoms with Crippen LogP contribution < -0.4 is 20.7 Å². The lowest BCUT2D eigenvalue weighted by Gasteiger charge is -2.20. The summed E-state index contributed by atoms with van der Waals surface area (Å²) in [7, 11) is 1.91. The first-order chi connectivity index (χ1) is 16.2. The third kappa shape index (κ3) is 5.65. The SMILES string of the molecule is CNCC[C@@H](Oc1ccc(-c2ccnc(N[C@H]3CNC[C@@H]3O)n2)cc1C#N)c1ccccc1. The molecule has 1 saturated heterocycles. The topological polar surface area (TPSA) is 115 Å². The summed E-state index contributed by atoms with van der Waals surface area (Å²) in [5, 5.41) is 29.3. The van der Waals surface area contributed by atoms with Gasteiger partial charge >= 0.3 is 0 Å². The van der Waals surface area contributed by atoms with Gasteiger partial charge in [-0.1, -0.05) is 30.3 Å². The molecule has 0 amide bonds. The smallest absolute Gasteiger partial charge is 0.223 e. The number of nitriles is 1. The zero-order valence-electron chi connectivity index (χ0n) is 18.5. The molecule has 170 valence electrons. The number of hydrogen-bond acceptors (Lipinski definition) is 8. The van der Waals surface area contributed by atoms with Crippen molar-refractivity contribution >= 4 is 5.95 Å². The summed E-state index contributed by atoms with van der Waals surface area (Å²) in [4.78, 5) is 8.84. The number of nitrogens with one attached hydrogen (secondary N) is 3. The molecule has 1 aliphatic rings. The van der Waals surface area contributed by atoms with E-state index in [1.165, 1.54) is 0 Å². The van der Waals surface area contributed by atoms with Crippen molar-refractivity contribution in [3.63, 3.8) is 0 Å². The van der Waals surface area contributed by atoms with Crippen molar-refractivity contribution < 1.29 is 9.84 Å². The van der Waals surface area contributed by atoms with Gasteiger partial charge in [0.2, 0.25) is 5.95 Å². The molecule has 1 aliphatic heterocycles. The first-order valence-corrected chi connectivity index (χ1v) is 11.1. The predicted octanol–water partition coefficient (Wildman–Crippen LogP) is 2.49. The highest BCUT2D eigenvalue weighted by Crippen LogP contribution is 2.30. The van der Waals surface area contributed by atoms with Gasteiger partial charge in [0.25, 0.3) is 0 Å². The second-order valence-electron chi connectivity index (χ2n) is 7.97. The third-order valence-corrected chi connectivity index (χ3v) is 5.65. The lowest BCUT2D eigenvalue weighted by molar-refractivity contribution is 0.185. The monoisotopic (exact) mass is 444 g/mol. The van der Waals surface area contributed by atoms with Crippen molar-refractivity contribution in [2.45, 2.75) is 24.7 Å². The predicted molar refractivity (Wildman–Crippen MR) is 127 cm³/mol. The van der Waals surface area contributed by atoms with Crippen LogP contribution in [0, 0.1) is 11.3 Å². The molecule has 3 aromatic rings. The fourth-order valence-electron chi connectivity index (χ4n) is 3.84. The van der Waals surface area contributed by atoms with Crippen LogP contribution in [0.2, 0.25) is 0 Å². The van der Waals surface area contributed by atoms with E-state index < -0.39 is 6.10 Å². The first-order valence-electron chi connectivity index (χ1n) is 11.1. The maximum atomic E-state index is 10.0. The van der Waals surface area contributed by atoms with Crippen LogP contribution in [0.3, 0.4) is 0 Å². The zero-order chi connectivity index (χ0) is 23.0. The van der Waals surface area contributed by atoms with E-state index in [1.54, 1.807) is 18.3 Å². The van der Waals surface area contributed by atoms with Gasteiger partial charge < -0.3 is 25.8 Å². The highest BCUT2D eigenvalue weighted by Gasteiger charge is 2.25. The molecule has 2 aromatic carbocycles. The van der Waals surface area contributed by atoms with Crippen LogP contribution in [0.1, 0.15) is 23.7 Å². The molecule has 1 aromatic heterocycles. The Balaban J connectivity index is 1.55. The average Bonchev–Trinajstić information content (AvgIpc) is 3.26. The maximum Gasteiger partial charge on any atom is 0.223 e. The van der Waals surface area contributed by atoms with Gasteiger partial charge in [-0.25, -0.2) is 9.97 Å². The van der Waals surface area contributed by atoms with Gasteiger partial charge in [0, 0.05) is 31.3 Å². The number of hydrogen-bond donors (Lipinski definition) is 4. The number of aliphatic hydroxyl groups is 1. The van der Waals surface area contributed by atoms with Gasteiger partial charge in [-0.15, -0.1) is 0 Å². The van der Waals surface area contributed by atoms with Crippen LogP contribution in [-0.4, -0.2) is 53.9 Å². The fourth-order valence-corrected chi connectivity index (χ4v) is 3.84. The molecule has 8 heteroatoms. The normalized spacial score (nSPS) is 18.5. The van der Waals surface area contributed by atoms with Crippen molar-refractivity contribution in [1.29, 1.82) is 5.26 Å².